The maximum absolute atomic E-state index is 14.1. The zero-order valence-electron chi connectivity index (χ0n) is 12.4. The van der Waals surface area contributed by atoms with Crippen LogP contribution >= 0.6 is 24.8 Å². The molecule has 2 N–H and O–H groups in total. The third-order valence-corrected chi connectivity index (χ3v) is 3.58. The summed E-state index contributed by atoms with van der Waals surface area (Å²) in [7, 11) is 0. The van der Waals surface area contributed by atoms with Gasteiger partial charge in [-0.2, -0.15) is 0 Å². The van der Waals surface area contributed by atoms with Gasteiger partial charge in [-0.3, -0.25) is 4.90 Å². The molecule has 1 fully saturated rings. The summed E-state index contributed by atoms with van der Waals surface area (Å²) in [4.78, 5) is 2.06. The van der Waals surface area contributed by atoms with Crippen LogP contribution in [0, 0.1) is 11.6 Å². The molecule has 0 radical (unpaired) electrons. The summed E-state index contributed by atoms with van der Waals surface area (Å²) in [5, 5.41) is 13.1. The first kappa shape index (κ1) is 21.1. The highest BCUT2D eigenvalue weighted by molar-refractivity contribution is 5.85. The minimum absolute atomic E-state index is 0. The Morgan fingerprint density at radius 3 is 2.36 bits per heavy atom. The standard InChI is InChI=1S/C15H20F2N2O.2ClH/c1-10(2)9-13(19-7-5-18-6-8-19)14-11(16)3-4-12(17)15(14)20;;/h3-4,13,18,20H,1,5-9H2,2H3;2*1H/t13-;;/m0../s1. The molecule has 1 aromatic carbocycles. The minimum Gasteiger partial charge on any atom is -0.505 e. The molecule has 1 aliphatic rings. The minimum atomic E-state index is -0.789. The Morgan fingerprint density at radius 1 is 1.27 bits per heavy atom. The molecule has 3 nitrogen and oxygen atoms in total. The van der Waals surface area contributed by atoms with Crippen LogP contribution < -0.4 is 5.32 Å². The molecule has 1 heterocycles. The molecule has 0 unspecified atom stereocenters. The Bertz CT molecular complexity index is 509. The van der Waals surface area contributed by atoms with Crippen molar-refractivity contribution in [2.45, 2.75) is 19.4 Å². The van der Waals surface area contributed by atoms with Crippen molar-refractivity contribution in [2.75, 3.05) is 26.2 Å². The van der Waals surface area contributed by atoms with Crippen molar-refractivity contribution in [3.05, 3.63) is 41.5 Å². The van der Waals surface area contributed by atoms with Crippen molar-refractivity contribution in [3.63, 3.8) is 0 Å². The summed E-state index contributed by atoms with van der Waals surface area (Å²) in [6.07, 6.45) is 0.494. The summed E-state index contributed by atoms with van der Waals surface area (Å²) in [6.45, 7) is 8.76. The lowest BCUT2D eigenvalue weighted by atomic mass is 9.96. The van der Waals surface area contributed by atoms with E-state index in [2.05, 4.69) is 16.8 Å². The Balaban J connectivity index is 0.00000220. The predicted molar refractivity (Wildman–Crippen MR) is 89.1 cm³/mol. The number of aromatic hydroxyl groups is 1. The first-order valence-corrected chi connectivity index (χ1v) is 6.76. The monoisotopic (exact) mass is 354 g/mol. The van der Waals surface area contributed by atoms with E-state index in [4.69, 9.17) is 0 Å². The van der Waals surface area contributed by atoms with Crippen LogP contribution in [0.15, 0.2) is 24.3 Å². The number of rotatable bonds is 4. The highest BCUT2D eigenvalue weighted by Crippen LogP contribution is 2.36. The molecule has 0 saturated carbocycles. The summed E-state index contributed by atoms with van der Waals surface area (Å²) in [5.74, 6) is -1.95. The van der Waals surface area contributed by atoms with Gasteiger partial charge in [0.15, 0.2) is 11.6 Å². The van der Waals surface area contributed by atoms with Crippen LogP contribution in [0.3, 0.4) is 0 Å². The van der Waals surface area contributed by atoms with Gasteiger partial charge in [-0.1, -0.05) is 5.57 Å². The number of hydrogen-bond acceptors (Lipinski definition) is 3. The van der Waals surface area contributed by atoms with E-state index in [1.54, 1.807) is 0 Å². The van der Waals surface area contributed by atoms with Gasteiger partial charge in [0.1, 0.15) is 5.82 Å². The third-order valence-electron chi connectivity index (χ3n) is 3.58. The number of nitrogens with one attached hydrogen (secondary N) is 1. The average molecular weight is 355 g/mol. The van der Waals surface area contributed by atoms with Crippen LogP contribution in [0.5, 0.6) is 5.75 Å². The lowest BCUT2D eigenvalue weighted by molar-refractivity contribution is 0.165. The molecule has 0 spiro atoms. The van der Waals surface area contributed by atoms with Crippen LogP contribution in [0.1, 0.15) is 24.9 Å². The number of halogens is 4. The summed E-state index contributed by atoms with van der Waals surface area (Å²) < 4.78 is 27.6. The number of phenolic OH excluding ortho intramolecular Hbond substituents is 1. The molecule has 0 aliphatic carbocycles. The topological polar surface area (TPSA) is 35.5 Å². The van der Waals surface area contributed by atoms with Gasteiger partial charge in [-0.15, -0.1) is 31.4 Å². The van der Waals surface area contributed by atoms with E-state index in [1.807, 2.05) is 6.92 Å². The predicted octanol–water partition coefficient (Wildman–Crippen LogP) is 3.43. The molecule has 2 rings (SSSR count). The summed E-state index contributed by atoms with van der Waals surface area (Å²) in [6, 6.07) is 1.63. The Hall–Kier alpha value is -0.880. The molecule has 1 aliphatic heterocycles. The van der Waals surface area contributed by atoms with Crippen molar-refractivity contribution < 1.29 is 13.9 Å². The molecule has 1 aromatic rings. The van der Waals surface area contributed by atoms with Gasteiger partial charge in [-0.25, -0.2) is 8.78 Å². The van der Waals surface area contributed by atoms with Crippen LogP contribution in [0.4, 0.5) is 8.78 Å². The van der Waals surface area contributed by atoms with Gasteiger partial charge in [0.25, 0.3) is 0 Å². The van der Waals surface area contributed by atoms with Crippen molar-refractivity contribution in [1.29, 1.82) is 0 Å². The van der Waals surface area contributed by atoms with Gasteiger partial charge in [0.2, 0.25) is 0 Å². The van der Waals surface area contributed by atoms with Crippen LogP contribution in [0.2, 0.25) is 0 Å². The van der Waals surface area contributed by atoms with E-state index in [0.717, 1.165) is 43.9 Å². The number of hydrogen-bond donors (Lipinski definition) is 2. The van der Waals surface area contributed by atoms with Crippen LogP contribution in [-0.4, -0.2) is 36.2 Å². The zero-order valence-corrected chi connectivity index (χ0v) is 14.1. The molecule has 0 bridgehead atoms. The molecular weight excluding hydrogens is 333 g/mol. The Kier molecular flexibility index (Phi) is 8.93. The Morgan fingerprint density at radius 2 is 1.82 bits per heavy atom. The molecule has 7 heteroatoms. The second-order valence-electron chi connectivity index (χ2n) is 5.25. The first-order valence-electron chi connectivity index (χ1n) is 6.76. The van der Waals surface area contributed by atoms with E-state index in [-0.39, 0.29) is 36.4 Å². The van der Waals surface area contributed by atoms with Gasteiger partial charge in [0, 0.05) is 32.2 Å². The molecular formula is C15H22Cl2F2N2O. The third kappa shape index (κ3) is 4.81. The highest BCUT2D eigenvalue weighted by atomic mass is 35.5. The number of benzene rings is 1. The molecule has 1 saturated heterocycles. The highest BCUT2D eigenvalue weighted by Gasteiger charge is 2.28. The number of piperazine rings is 1. The Labute approximate surface area is 142 Å². The van der Waals surface area contributed by atoms with Crippen molar-refractivity contribution >= 4 is 24.8 Å². The summed E-state index contributed by atoms with van der Waals surface area (Å²) in [5.41, 5.74) is 0.909. The van der Waals surface area contributed by atoms with Gasteiger partial charge >= 0.3 is 0 Å². The van der Waals surface area contributed by atoms with E-state index in [9.17, 15) is 13.9 Å². The van der Waals surface area contributed by atoms with E-state index < -0.39 is 17.4 Å². The van der Waals surface area contributed by atoms with Crippen LogP contribution in [-0.2, 0) is 0 Å². The van der Waals surface area contributed by atoms with E-state index in [0.29, 0.717) is 6.42 Å². The first-order chi connectivity index (χ1) is 9.50. The maximum Gasteiger partial charge on any atom is 0.165 e. The van der Waals surface area contributed by atoms with Gasteiger partial charge in [-0.05, 0) is 25.5 Å². The largest absolute Gasteiger partial charge is 0.505 e. The van der Waals surface area contributed by atoms with Crippen molar-refractivity contribution in [2.24, 2.45) is 0 Å². The second-order valence-corrected chi connectivity index (χ2v) is 5.25. The lowest BCUT2D eigenvalue weighted by Gasteiger charge is -2.35. The number of nitrogens with zero attached hydrogens (tertiary/aromatic N) is 1. The molecule has 126 valence electrons. The molecule has 22 heavy (non-hydrogen) atoms. The quantitative estimate of drug-likeness (QED) is 0.813. The fraction of sp³-hybridized carbons (Fsp3) is 0.467. The van der Waals surface area contributed by atoms with E-state index in [1.165, 1.54) is 0 Å². The molecule has 1 atom stereocenters. The lowest BCUT2D eigenvalue weighted by Crippen LogP contribution is -2.45. The smallest absolute Gasteiger partial charge is 0.165 e. The van der Waals surface area contributed by atoms with E-state index >= 15 is 0 Å². The second kappa shape index (κ2) is 9.30. The van der Waals surface area contributed by atoms with Crippen molar-refractivity contribution in [1.82, 2.24) is 10.2 Å². The fourth-order valence-electron chi connectivity index (χ4n) is 2.61. The van der Waals surface area contributed by atoms with Crippen molar-refractivity contribution in [3.8, 4) is 5.75 Å². The van der Waals surface area contributed by atoms with Crippen LogP contribution in [0.25, 0.3) is 0 Å². The number of phenols is 1. The zero-order chi connectivity index (χ0) is 14.7. The molecule has 0 aromatic heterocycles. The van der Waals surface area contributed by atoms with Gasteiger partial charge < -0.3 is 10.4 Å². The maximum atomic E-state index is 14.1. The molecule has 0 amide bonds. The summed E-state index contributed by atoms with van der Waals surface area (Å²) >= 11 is 0. The fourth-order valence-corrected chi connectivity index (χ4v) is 2.61. The van der Waals surface area contributed by atoms with Gasteiger partial charge in [0.05, 0.1) is 5.56 Å². The average Bonchev–Trinajstić information content (AvgIpc) is 2.43. The SMILES string of the molecule is C=C(C)C[C@@H](c1c(F)ccc(F)c1O)N1CCNCC1.Cl.Cl. The normalized spacial score (nSPS) is 16.3.